The van der Waals surface area contributed by atoms with Crippen molar-refractivity contribution in [3.8, 4) is 11.5 Å². The highest BCUT2D eigenvalue weighted by Crippen LogP contribution is 2.43. The van der Waals surface area contributed by atoms with Crippen molar-refractivity contribution in [2.24, 2.45) is 0 Å². The Morgan fingerprint density at radius 2 is 2.11 bits per heavy atom. The van der Waals surface area contributed by atoms with Gasteiger partial charge in [-0.1, -0.05) is 0 Å². The number of carbonyl (C=O) groups is 1. The average molecular weight is 268 g/mol. The predicted octanol–water partition coefficient (Wildman–Crippen LogP) is 1.45. The SMILES string of the molecule is COC(=O)C1(Sc2ccc3c(c2)OCO3)COC1. The molecule has 0 spiro atoms. The lowest BCUT2D eigenvalue weighted by Crippen LogP contribution is -2.53. The molecule has 0 aliphatic carbocycles. The smallest absolute Gasteiger partial charge is 0.327 e. The van der Waals surface area contributed by atoms with Crippen LogP contribution in [-0.2, 0) is 14.3 Å². The van der Waals surface area contributed by atoms with E-state index in [9.17, 15) is 4.79 Å². The number of carbonyl (C=O) groups excluding carboxylic acids is 1. The normalized spacial score (nSPS) is 19.2. The first-order valence-corrected chi connectivity index (χ1v) is 6.30. The van der Waals surface area contributed by atoms with E-state index in [1.165, 1.54) is 18.9 Å². The number of thioether (sulfide) groups is 1. The van der Waals surface area contributed by atoms with Crippen molar-refractivity contribution in [3.05, 3.63) is 18.2 Å². The maximum Gasteiger partial charge on any atom is 0.327 e. The number of hydrogen-bond acceptors (Lipinski definition) is 6. The lowest BCUT2D eigenvalue weighted by atomic mass is 10.1. The quantitative estimate of drug-likeness (QED) is 0.773. The second-order valence-corrected chi connectivity index (χ2v) is 5.55. The first kappa shape index (κ1) is 11.7. The first-order valence-electron chi connectivity index (χ1n) is 5.48. The fraction of sp³-hybridized carbons (Fsp3) is 0.417. The van der Waals surface area contributed by atoms with Gasteiger partial charge < -0.3 is 18.9 Å². The Kier molecular flexibility index (Phi) is 2.83. The van der Waals surface area contributed by atoms with Gasteiger partial charge in [0.25, 0.3) is 0 Å². The number of esters is 1. The molecule has 0 atom stereocenters. The van der Waals surface area contributed by atoms with Gasteiger partial charge in [0, 0.05) is 4.90 Å². The summed E-state index contributed by atoms with van der Waals surface area (Å²) in [6.45, 7) is 0.992. The van der Waals surface area contributed by atoms with Crippen LogP contribution in [0.25, 0.3) is 0 Å². The number of hydrogen-bond donors (Lipinski definition) is 0. The summed E-state index contributed by atoms with van der Waals surface area (Å²) in [7, 11) is 1.39. The molecule has 6 heteroatoms. The molecule has 1 aromatic rings. The summed E-state index contributed by atoms with van der Waals surface area (Å²) in [5.41, 5.74) is 0. The van der Waals surface area contributed by atoms with E-state index in [-0.39, 0.29) is 12.8 Å². The monoisotopic (exact) mass is 268 g/mol. The van der Waals surface area contributed by atoms with Crippen molar-refractivity contribution in [2.75, 3.05) is 27.1 Å². The summed E-state index contributed by atoms with van der Waals surface area (Å²) in [6, 6.07) is 5.62. The van der Waals surface area contributed by atoms with E-state index >= 15 is 0 Å². The molecule has 5 nitrogen and oxygen atoms in total. The van der Waals surface area contributed by atoms with Crippen LogP contribution in [0, 0.1) is 0 Å². The van der Waals surface area contributed by atoms with Gasteiger partial charge in [-0.25, -0.2) is 0 Å². The van der Waals surface area contributed by atoms with E-state index < -0.39 is 4.75 Å². The van der Waals surface area contributed by atoms with Gasteiger partial charge in [0.2, 0.25) is 6.79 Å². The van der Waals surface area contributed by atoms with E-state index in [1.807, 2.05) is 18.2 Å². The Morgan fingerprint density at radius 3 is 2.78 bits per heavy atom. The van der Waals surface area contributed by atoms with E-state index in [1.54, 1.807) is 0 Å². The molecule has 1 fully saturated rings. The van der Waals surface area contributed by atoms with Gasteiger partial charge in [-0.2, -0.15) is 0 Å². The molecule has 0 amide bonds. The molecule has 0 unspecified atom stereocenters. The second kappa shape index (κ2) is 4.37. The summed E-state index contributed by atoms with van der Waals surface area (Å²) < 4.78 is 19.9. The number of fused-ring (bicyclic) bond motifs is 1. The van der Waals surface area contributed by atoms with Gasteiger partial charge in [0.05, 0.1) is 20.3 Å². The molecule has 0 aromatic heterocycles. The molecule has 1 aromatic carbocycles. The van der Waals surface area contributed by atoms with Crippen LogP contribution in [0.3, 0.4) is 0 Å². The summed E-state index contributed by atoms with van der Waals surface area (Å²) in [6.07, 6.45) is 0. The van der Waals surface area contributed by atoms with Crippen molar-refractivity contribution in [1.82, 2.24) is 0 Å². The molecule has 18 heavy (non-hydrogen) atoms. The third-order valence-corrected chi connectivity index (χ3v) is 4.17. The molecule has 1 saturated heterocycles. The highest BCUT2D eigenvalue weighted by Gasteiger charge is 2.48. The Bertz CT molecular complexity index is 483. The van der Waals surface area contributed by atoms with Gasteiger partial charge in [-0.15, -0.1) is 11.8 Å². The molecule has 96 valence electrons. The van der Waals surface area contributed by atoms with Crippen LogP contribution in [-0.4, -0.2) is 37.8 Å². The van der Waals surface area contributed by atoms with Crippen molar-refractivity contribution in [3.63, 3.8) is 0 Å². The van der Waals surface area contributed by atoms with Gasteiger partial charge >= 0.3 is 5.97 Å². The largest absolute Gasteiger partial charge is 0.468 e. The van der Waals surface area contributed by atoms with E-state index in [4.69, 9.17) is 18.9 Å². The minimum absolute atomic E-state index is 0.245. The molecular weight excluding hydrogens is 256 g/mol. The number of methoxy groups -OCH3 is 1. The Hall–Kier alpha value is -1.40. The van der Waals surface area contributed by atoms with Crippen LogP contribution >= 0.6 is 11.8 Å². The van der Waals surface area contributed by atoms with E-state index in [0.717, 1.165) is 10.6 Å². The van der Waals surface area contributed by atoms with Gasteiger partial charge in [0.1, 0.15) is 0 Å². The van der Waals surface area contributed by atoms with Crippen molar-refractivity contribution in [1.29, 1.82) is 0 Å². The van der Waals surface area contributed by atoms with Gasteiger partial charge in [0.15, 0.2) is 16.2 Å². The fourth-order valence-electron chi connectivity index (χ4n) is 1.86. The fourth-order valence-corrected chi connectivity index (χ4v) is 3.06. The molecular formula is C12H12O5S. The average Bonchev–Trinajstić information content (AvgIpc) is 2.80. The molecule has 3 rings (SSSR count). The molecule has 0 bridgehead atoms. The Labute approximate surface area is 108 Å². The van der Waals surface area contributed by atoms with Crippen LogP contribution in [0.1, 0.15) is 0 Å². The summed E-state index contributed by atoms with van der Waals surface area (Å²) >= 11 is 1.44. The molecule has 0 N–H and O–H groups in total. The van der Waals surface area contributed by atoms with Crippen LogP contribution in [0.15, 0.2) is 23.1 Å². The minimum atomic E-state index is -0.623. The standard InChI is InChI=1S/C12H12O5S/c1-14-11(13)12(5-15-6-12)18-8-2-3-9-10(4-8)17-7-16-9/h2-4H,5-7H2,1H3. The minimum Gasteiger partial charge on any atom is -0.468 e. The maximum absolute atomic E-state index is 11.8. The number of benzene rings is 1. The van der Waals surface area contributed by atoms with Crippen LogP contribution in [0.2, 0.25) is 0 Å². The highest BCUT2D eigenvalue weighted by atomic mass is 32.2. The lowest BCUT2D eigenvalue weighted by Gasteiger charge is -2.37. The second-order valence-electron chi connectivity index (χ2n) is 4.10. The molecule has 0 radical (unpaired) electrons. The highest BCUT2D eigenvalue weighted by molar-refractivity contribution is 8.01. The lowest BCUT2D eigenvalue weighted by molar-refractivity contribution is -0.155. The molecule has 0 saturated carbocycles. The zero-order valence-corrected chi connectivity index (χ0v) is 10.6. The van der Waals surface area contributed by atoms with Crippen molar-refractivity contribution < 1.29 is 23.7 Å². The summed E-state index contributed by atoms with van der Waals surface area (Å²) in [4.78, 5) is 12.7. The predicted molar refractivity (Wildman–Crippen MR) is 64.0 cm³/mol. The summed E-state index contributed by atoms with van der Waals surface area (Å²) in [5, 5.41) is 0. The van der Waals surface area contributed by atoms with E-state index in [2.05, 4.69) is 0 Å². The topological polar surface area (TPSA) is 54.0 Å². The molecule has 2 heterocycles. The van der Waals surface area contributed by atoms with Crippen LogP contribution < -0.4 is 9.47 Å². The zero-order chi connectivity index (χ0) is 12.6. The van der Waals surface area contributed by atoms with Crippen molar-refractivity contribution in [2.45, 2.75) is 9.64 Å². The van der Waals surface area contributed by atoms with Crippen LogP contribution in [0.4, 0.5) is 0 Å². The number of rotatable bonds is 3. The molecule has 2 aliphatic heterocycles. The zero-order valence-electron chi connectivity index (χ0n) is 9.80. The maximum atomic E-state index is 11.8. The third-order valence-electron chi connectivity index (χ3n) is 2.89. The Balaban J connectivity index is 1.81. The van der Waals surface area contributed by atoms with Crippen LogP contribution in [0.5, 0.6) is 11.5 Å². The first-order chi connectivity index (χ1) is 8.73. The third kappa shape index (κ3) is 1.81. The molecule has 2 aliphatic rings. The van der Waals surface area contributed by atoms with Gasteiger partial charge in [-0.05, 0) is 18.2 Å². The Morgan fingerprint density at radius 1 is 1.33 bits per heavy atom. The van der Waals surface area contributed by atoms with Crippen molar-refractivity contribution >= 4 is 17.7 Å². The number of ether oxygens (including phenoxy) is 4. The van der Waals surface area contributed by atoms with Gasteiger partial charge in [-0.3, -0.25) is 4.79 Å². The summed E-state index contributed by atoms with van der Waals surface area (Å²) in [5.74, 6) is 1.19. The van der Waals surface area contributed by atoms with E-state index in [0.29, 0.717) is 19.0 Å².